The van der Waals surface area contributed by atoms with Gasteiger partial charge in [-0.15, -0.1) is 0 Å². The Morgan fingerprint density at radius 2 is 2.07 bits per heavy atom. The summed E-state index contributed by atoms with van der Waals surface area (Å²) in [5, 5.41) is 17.2. The van der Waals surface area contributed by atoms with Crippen molar-refractivity contribution in [2.75, 3.05) is 13.1 Å². The minimum absolute atomic E-state index is 0.0724. The molecule has 2 aliphatic rings. The maximum absolute atomic E-state index is 10.3. The first kappa shape index (κ1) is 18.9. The Balaban J connectivity index is 1.53. The van der Waals surface area contributed by atoms with Gasteiger partial charge in [-0.2, -0.15) is 0 Å². The van der Waals surface area contributed by atoms with Crippen LogP contribution in [0.1, 0.15) is 62.5 Å². The molecule has 28 heavy (non-hydrogen) atoms. The summed E-state index contributed by atoms with van der Waals surface area (Å²) in [6, 6.07) is 11.9. The van der Waals surface area contributed by atoms with Crippen LogP contribution in [0.5, 0.6) is 5.75 Å². The van der Waals surface area contributed by atoms with Crippen molar-refractivity contribution < 1.29 is 14.3 Å². The van der Waals surface area contributed by atoms with Gasteiger partial charge in [-0.1, -0.05) is 18.2 Å². The van der Waals surface area contributed by atoms with E-state index in [1.807, 2.05) is 19.1 Å². The second-order valence-corrected chi connectivity index (χ2v) is 7.68. The minimum atomic E-state index is -0.756. The highest BCUT2D eigenvalue weighted by Gasteiger charge is 2.43. The lowest BCUT2D eigenvalue weighted by Crippen LogP contribution is -2.46. The van der Waals surface area contributed by atoms with Crippen LogP contribution in [0, 0.1) is 0 Å². The molecule has 1 aliphatic carbocycles. The molecule has 6 nitrogen and oxygen atoms in total. The molecule has 1 spiro atoms. The summed E-state index contributed by atoms with van der Waals surface area (Å²) in [5.41, 5.74) is 1.09. The minimum Gasteiger partial charge on any atom is -0.487 e. The largest absolute Gasteiger partial charge is 0.487 e. The number of furan rings is 1. The number of hydrogen-bond acceptors (Lipinski definition) is 4. The number of aliphatic imine (C=N–C) groups is 1. The quantitative estimate of drug-likeness (QED) is 0.542. The summed E-state index contributed by atoms with van der Waals surface area (Å²) in [6.45, 7) is 3.02. The van der Waals surface area contributed by atoms with Crippen molar-refractivity contribution in [3.8, 4) is 5.75 Å². The van der Waals surface area contributed by atoms with Crippen LogP contribution in [0.25, 0.3) is 0 Å². The molecule has 2 aromatic rings. The fourth-order valence-corrected chi connectivity index (χ4v) is 4.31. The van der Waals surface area contributed by atoms with E-state index in [-0.39, 0.29) is 18.2 Å². The number of fused-ring (bicyclic) bond motifs is 1. The SMILES string of the molecule is CCNC(=NCC(O)c1ccco1)NC1CC2(CCCC2)Oc2ccccc21. The molecule has 0 amide bonds. The number of para-hydroxylation sites is 1. The van der Waals surface area contributed by atoms with Gasteiger partial charge in [-0.05, 0) is 50.8 Å². The number of ether oxygens (including phenoxy) is 1. The van der Waals surface area contributed by atoms with Crippen LogP contribution >= 0.6 is 0 Å². The van der Waals surface area contributed by atoms with Crippen molar-refractivity contribution in [1.29, 1.82) is 0 Å². The van der Waals surface area contributed by atoms with Gasteiger partial charge >= 0.3 is 0 Å². The summed E-state index contributed by atoms with van der Waals surface area (Å²) in [7, 11) is 0. The van der Waals surface area contributed by atoms with Gasteiger partial charge in [-0.3, -0.25) is 4.99 Å². The molecule has 2 unspecified atom stereocenters. The van der Waals surface area contributed by atoms with Gasteiger partial charge < -0.3 is 24.9 Å². The third-order valence-corrected chi connectivity index (χ3v) is 5.66. The van der Waals surface area contributed by atoms with E-state index >= 15 is 0 Å². The smallest absolute Gasteiger partial charge is 0.191 e. The van der Waals surface area contributed by atoms with Crippen LogP contribution in [0.15, 0.2) is 52.1 Å². The van der Waals surface area contributed by atoms with Crippen molar-refractivity contribution in [1.82, 2.24) is 10.6 Å². The van der Waals surface area contributed by atoms with Crippen LogP contribution in [0.3, 0.4) is 0 Å². The van der Waals surface area contributed by atoms with Crippen LogP contribution in [-0.4, -0.2) is 29.8 Å². The molecule has 1 saturated carbocycles. The van der Waals surface area contributed by atoms with Gasteiger partial charge in [0.2, 0.25) is 0 Å². The Morgan fingerprint density at radius 3 is 2.82 bits per heavy atom. The van der Waals surface area contributed by atoms with E-state index in [4.69, 9.17) is 9.15 Å². The highest BCUT2D eigenvalue weighted by molar-refractivity contribution is 5.80. The topological polar surface area (TPSA) is 79.0 Å². The Bertz CT molecular complexity index is 797. The van der Waals surface area contributed by atoms with Crippen molar-refractivity contribution in [2.45, 2.75) is 56.8 Å². The zero-order valence-corrected chi connectivity index (χ0v) is 16.4. The molecule has 3 N–H and O–H groups in total. The number of aliphatic hydroxyl groups is 1. The summed E-state index contributed by atoms with van der Waals surface area (Å²) < 4.78 is 11.7. The first-order valence-corrected chi connectivity index (χ1v) is 10.2. The predicted octanol–water partition coefficient (Wildman–Crippen LogP) is 3.70. The lowest BCUT2D eigenvalue weighted by Gasteiger charge is -2.40. The zero-order valence-electron chi connectivity index (χ0n) is 16.4. The van der Waals surface area contributed by atoms with Gasteiger partial charge in [0, 0.05) is 18.5 Å². The average Bonchev–Trinajstić information content (AvgIpc) is 3.39. The van der Waals surface area contributed by atoms with Crippen molar-refractivity contribution in [3.63, 3.8) is 0 Å². The van der Waals surface area contributed by atoms with E-state index in [0.29, 0.717) is 11.7 Å². The van der Waals surface area contributed by atoms with Crippen molar-refractivity contribution >= 4 is 5.96 Å². The van der Waals surface area contributed by atoms with E-state index in [9.17, 15) is 5.11 Å². The molecule has 150 valence electrons. The van der Waals surface area contributed by atoms with Gasteiger partial charge in [-0.25, -0.2) is 0 Å². The number of aliphatic hydroxyl groups excluding tert-OH is 1. The molecule has 4 rings (SSSR count). The number of nitrogens with one attached hydrogen (secondary N) is 2. The second-order valence-electron chi connectivity index (χ2n) is 7.68. The molecule has 6 heteroatoms. The third kappa shape index (κ3) is 4.02. The van der Waals surface area contributed by atoms with Crippen LogP contribution in [0.2, 0.25) is 0 Å². The normalized spacial score (nSPS) is 21.8. The number of guanidine groups is 1. The maximum Gasteiger partial charge on any atom is 0.191 e. The number of benzene rings is 1. The second kappa shape index (κ2) is 8.27. The average molecular weight is 383 g/mol. The lowest BCUT2D eigenvalue weighted by atomic mass is 9.86. The van der Waals surface area contributed by atoms with Gasteiger partial charge in [0.25, 0.3) is 0 Å². The lowest BCUT2D eigenvalue weighted by molar-refractivity contribution is 0.0395. The maximum atomic E-state index is 10.3. The monoisotopic (exact) mass is 383 g/mol. The Kier molecular flexibility index (Phi) is 5.57. The van der Waals surface area contributed by atoms with E-state index in [1.165, 1.54) is 12.8 Å². The van der Waals surface area contributed by atoms with E-state index in [1.54, 1.807) is 18.4 Å². The standard InChI is InChI=1S/C22H29N3O3/c1-2-23-21(24-15-18(26)20-10-7-13-27-20)25-17-14-22(11-5-6-12-22)28-19-9-4-3-8-16(17)19/h3-4,7-10,13,17-18,26H,2,5-6,11-12,14-15H2,1H3,(H2,23,24,25). The van der Waals surface area contributed by atoms with Crippen LogP contribution in [-0.2, 0) is 0 Å². The summed E-state index contributed by atoms with van der Waals surface area (Å²) in [5.74, 6) is 2.20. The highest BCUT2D eigenvalue weighted by Crippen LogP contribution is 2.46. The van der Waals surface area contributed by atoms with Gasteiger partial charge in [0.1, 0.15) is 23.2 Å². The summed E-state index contributed by atoms with van der Waals surface area (Å²) >= 11 is 0. The molecule has 1 aliphatic heterocycles. The van der Waals surface area contributed by atoms with Crippen LogP contribution < -0.4 is 15.4 Å². The molecule has 0 bridgehead atoms. The Morgan fingerprint density at radius 1 is 1.25 bits per heavy atom. The zero-order chi connectivity index (χ0) is 19.4. The Labute approximate surface area is 166 Å². The molecular weight excluding hydrogens is 354 g/mol. The van der Waals surface area contributed by atoms with E-state index in [2.05, 4.69) is 27.8 Å². The Hall–Kier alpha value is -2.47. The highest BCUT2D eigenvalue weighted by atomic mass is 16.5. The molecule has 1 aromatic heterocycles. The van der Waals surface area contributed by atoms with Crippen molar-refractivity contribution in [2.24, 2.45) is 4.99 Å². The number of rotatable bonds is 5. The molecule has 0 radical (unpaired) electrons. The molecule has 2 atom stereocenters. The molecule has 2 heterocycles. The van der Waals surface area contributed by atoms with Gasteiger partial charge in [0.15, 0.2) is 5.96 Å². The first-order valence-electron chi connectivity index (χ1n) is 10.2. The fraction of sp³-hybridized carbons (Fsp3) is 0.500. The third-order valence-electron chi connectivity index (χ3n) is 5.66. The summed E-state index contributed by atoms with van der Waals surface area (Å²) in [6.07, 6.45) is 6.38. The van der Waals surface area contributed by atoms with Gasteiger partial charge in [0.05, 0.1) is 18.8 Å². The molecule has 0 saturated heterocycles. The fourth-order valence-electron chi connectivity index (χ4n) is 4.31. The molecule has 1 aromatic carbocycles. The molecular formula is C22H29N3O3. The molecule has 1 fully saturated rings. The van der Waals surface area contributed by atoms with Crippen LogP contribution in [0.4, 0.5) is 0 Å². The van der Waals surface area contributed by atoms with E-state index in [0.717, 1.165) is 37.1 Å². The number of hydrogen-bond donors (Lipinski definition) is 3. The summed E-state index contributed by atoms with van der Waals surface area (Å²) in [4.78, 5) is 4.60. The number of nitrogens with zero attached hydrogens (tertiary/aromatic N) is 1. The first-order chi connectivity index (χ1) is 13.7. The van der Waals surface area contributed by atoms with E-state index < -0.39 is 6.10 Å². The predicted molar refractivity (Wildman–Crippen MR) is 108 cm³/mol. The van der Waals surface area contributed by atoms with Crippen molar-refractivity contribution in [3.05, 3.63) is 54.0 Å².